The van der Waals surface area contributed by atoms with Crippen molar-refractivity contribution in [1.82, 2.24) is 0 Å². The van der Waals surface area contributed by atoms with Gasteiger partial charge in [0.1, 0.15) is 0 Å². The first-order chi connectivity index (χ1) is 53.4. The van der Waals surface area contributed by atoms with Gasteiger partial charge in [-0.3, -0.25) is 0 Å². The van der Waals surface area contributed by atoms with Crippen molar-refractivity contribution in [2.45, 2.75) is 90.9 Å². The van der Waals surface area contributed by atoms with Gasteiger partial charge >= 0.3 is 0 Å². The summed E-state index contributed by atoms with van der Waals surface area (Å²) in [5, 5.41) is 19.7. The topological polar surface area (TPSA) is 6.48 Å². The molecule has 0 spiro atoms. The van der Waals surface area contributed by atoms with Crippen LogP contribution in [0.3, 0.4) is 0 Å². The molecule has 0 N–H and O–H groups in total. The van der Waals surface area contributed by atoms with E-state index in [0.29, 0.717) is 0 Å². The first-order valence-corrected chi connectivity index (χ1v) is 39.5. The molecule has 4 aliphatic rings. The molecule has 0 saturated carbocycles. The van der Waals surface area contributed by atoms with Gasteiger partial charge < -0.3 is 9.80 Å². The Balaban J connectivity index is 0.908. The number of benzene rings is 18. The van der Waals surface area contributed by atoms with E-state index in [1.165, 1.54) is 175 Å². The molecule has 2 unspecified atom stereocenters. The fourth-order valence-corrected chi connectivity index (χ4v) is 22.5. The van der Waals surface area contributed by atoms with Crippen LogP contribution >= 0.6 is 0 Å². The largest absolute Gasteiger partial charge is 0.310 e. The summed E-state index contributed by atoms with van der Waals surface area (Å²) in [4.78, 5) is 5.33. The number of hydrogen-bond donors (Lipinski definition) is 0. The maximum Gasteiger partial charge on any atom is 0.0543 e. The Hall–Kier alpha value is -12.4. The maximum absolute atomic E-state index is 2.75. The zero-order valence-corrected chi connectivity index (χ0v) is 64.1. The molecule has 2 nitrogen and oxygen atoms in total. The molecule has 2 heteroatoms. The predicted molar refractivity (Wildman–Crippen MR) is 469 cm³/mol. The van der Waals surface area contributed by atoms with E-state index in [1.54, 1.807) is 0 Å². The molecule has 0 heterocycles. The second kappa shape index (κ2) is 22.6. The number of fused-ring (bicyclic) bond motifs is 26. The quantitative estimate of drug-likeness (QED) is 0.147. The summed E-state index contributed by atoms with van der Waals surface area (Å²) in [6.45, 7) is 25.3. The van der Waals surface area contributed by atoms with E-state index < -0.39 is 21.7 Å². The summed E-state index contributed by atoms with van der Waals surface area (Å²) in [5.74, 6) is 0. The van der Waals surface area contributed by atoms with E-state index in [-0.39, 0.29) is 10.8 Å². The summed E-state index contributed by atoms with van der Waals surface area (Å²) in [7, 11) is 0. The van der Waals surface area contributed by atoms with Crippen LogP contribution < -0.4 is 9.80 Å². The summed E-state index contributed by atoms with van der Waals surface area (Å²) < 4.78 is 0. The van der Waals surface area contributed by atoms with Gasteiger partial charge in [-0.1, -0.05) is 336 Å². The van der Waals surface area contributed by atoms with Gasteiger partial charge in [0, 0.05) is 55.2 Å². The predicted octanol–water partition coefficient (Wildman–Crippen LogP) is 29.8. The van der Waals surface area contributed by atoms with E-state index in [2.05, 4.69) is 407 Å². The van der Waals surface area contributed by atoms with Crippen molar-refractivity contribution in [2.75, 3.05) is 9.80 Å². The van der Waals surface area contributed by atoms with E-state index in [4.69, 9.17) is 0 Å². The maximum atomic E-state index is 2.75. The molecule has 0 aliphatic heterocycles. The van der Waals surface area contributed by atoms with Crippen LogP contribution in [0.15, 0.2) is 328 Å². The molecule has 2 atom stereocenters. The zero-order valence-electron chi connectivity index (χ0n) is 64.1. The standard InChI is InChI=1S/C108H84N2/c1-103(2,3)107(91-57-49-67-29-13-17-33-77(67)99(91)101-85-39-21-19-37-83(85)97(63-95(101)107)109(71-51-47-69-45-43-65-27-11-15-31-75(65)87(69)59-71)73-53-55-81-79-35-23-25-41-89(79)105(7,8)93(81)61-73)108(104(4,5)6)92-58-50-68-30-14-18-34-78(68)100(92)102-86-40-22-20-38-84(86)98(64-96(102)108)110(72-52-48-70-46-44-66-28-12-16-32-76(66)88(70)60-72)74-54-56-82-80-36-24-26-42-90(80)106(9,10)94(82)62-74/h11-64H,1-10H3. The molecule has 4 aliphatic carbocycles. The molecule has 0 amide bonds. The lowest BCUT2D eigenvalue weighted by atomic mass is 9.39. The van der Waals surface area contributed by atoms with Crippen molar-refractivity contribution in [1.29, 1.82) is 0 Å². The molecule has 0 fully saturated rings. The normalized spacial score (nSPS) is 16.9. The highest BCUT2D eigenvalue weighted by atomic mass is 15.2. The molecule has 0 aromatic heterocycles. The number of nitrogens with zero attached hydrogens (tertiary/aromatic N) is 2. The van der Waals surface area contributed by atoms with Crippen LogP contribution in [-0.4, -0.2) is 0 Å². The lowest BCUT2D eigenvalue weighted by molar-refractivity contribution is 0.0596. The molecule has 0 saturated heterocycles. The fraction of sp³-hybridized carbons (Fsp3) is 0.148. The summed E-state index contributed by atoms with van der Waals surface area (Å²) >= 11 is 0. The Morgan fingerprint density at radius 1 is 0.200 bits per heavy atom. The van der Waals surface area contributed by atoms with Crippen LogP contribution in [0.25, 0.3) is 131 Å². The van der Waals surface area contributed by atoms with Crippen LogP contribution in [0.1, 0.15) is 114 Å². The fourth-order valence-electron chi connectivity index (χ4n) is 22.5. The van der Waals surface area contributed by atoms with Gasteiger partial charge in [-0.25, -0.2) is 0 Å². The lowest BCUT2D eigenvalue weighted by Gasteiger charge is -2.62. The molecule has 0 radical (unpaired) electrons. The smallest absolute Gasteiger partial charge is 0.0543 e. The number of hydrogen-bond acceptors (Lipinski definition) is 2. The minimum Gasteiger partial charge on any atom is -0.310 e. The summed E-state index contributed by atoms with van der Waals surface area (Å²) in [6, 6.07) is 128. The van der Waals surface area contributed by atoms with Crippen molar-refractivity contribution >= 4 is 120 Å². The van der Waals surface area contributed by atoms with Gasteiger partial charge in [-0.05, 0) is 236 Å². The number of anilines is 6. The molecule has 22 rings (SSSR count). The molecule has 110 heavy (non-hydrogen) atoms. The van der Waals surface area contributed by atoms with Crippen LogP contribution in [0.4, 0.5) is 34.1 Å². The Kier molecular flexibility index (Phi) is 13.3. The van der Waals surface area contributed by atoms with E-state index in [0.717, 1.165) is 34.1 Å². The first-order valence-electron chi connectivity index (χ1n) is 39.5. The monoisotopic (exact) mass is 1410 g/mol. The Morgan fingerprint density at radius 2 is 0.473 bits per heavy atom. The molecule has 0 bridgehead atoms. The van der Waals surface area contributed by atoms with Crippen LogP contribution in [-0.2, 0) is 21.7 Å². The van der Waals surface area contributed by atoms with Crippen LogP contribution in [0.5, 0.6) is 0 Å². The second-order valence-electron chi connectivity index (χ2n) is 35.0. The first kappa shape index (κ1) is 64.8. The van der Waals surface area contributed by atoms with Gasteiger partial charge in [-0.2, -0.15) is 0 Å². The van der Waals surface area contributed by atoms with Gasteiger partial charge in [-0.15, -0.1) is 0 Å². The van der Waals surface area contributed by atoms with Crippen molar-refractivity contribution in [2.24, 2.45) is 10.8 Å². The lowest BCUT2D eigenvalue weighted by Crippen LogP contribution is -2.62. The van der Waals surface area contributed by atoms with Gasteiger partial charge in [0.2, 0.25) is 0 Å². The molecule has 18 aromatic carbocycles. The Bertz CT molecular complexity index is 6660. The molecular formula is C108H84N2. The summed E-state index contributed by atoms with van der Waals surface area (Å²) in [5.41, 5.74) is 24.7. The Labute approximate surface area is 644 Å². The second-order valence-corrected chi connectivity index (χ2v) is 35.0. The van der Waals surface area contributed by atoms with Gasteiger partial charge in [0.25, 0.3) is 0 Å². The average molecular weight is 1410 g/mol. The SMILES string of the molecule is CC1(C)c2ccccc2-c2ccc(N(c3ccc4ccc5ccccc5c4c3)c3cc4c(c5ccccc35)-c3c(ccc5ccccc35)C4(C(C)(C)C)C3(C(C)(C)C)c4ccc5ccccc5c4-c4c3cc(N(c3ccc5c(c3)C(C)(C)c3ccccc3-5)c3ccc5ccc6ccccc6c5c3)c3ccccc43)cc21. The third-order valence-electron chi connectivity index (χ3n) is 26.9. The van der Waals surface area contributed by atoms with E-state index in [1.807, 2.05) is 0 Å². The highest BCUT2D eigenvalue weighted by Gasteiger charge is 2.71. The highest BCUT2D eigenvalue weighted by molar-refractivity contribution is 6.20. The molecule has 526 valence electrons. The average Bonchev–Trinajstić information content (AvgIpc) is 1.45. The van der Waals surface area contributed by atoms with Crippen LogP contribution in [0, 0.1) is 10.8 Å². The van der Waals surface area contributed by atoms with Crippen LogP contribution in [0.2, 0.25) is 0 Å². The zero-order chi connectivity index (χ0) is 74.3. The van der Waals surface area contributed by atoms with Crippen molar-refractivity contribution in [3.05, 3.63) is 372 Å². The molecular weight excluding hydrogens is 1330 g/mol. The van der Waals surface area contributed by atoms with Crippen molar-refractivity contribution < 1.29 is 0 Å². The van der Waals surface area contributed by atoms with Crippen molar-refractivity contribution in [3.63, 3.8) is 0 Å². The van der Waals surface area contributed by atoms with Gasteiger partial charge in [0.15, 0.2) is 0 Å². The number of rotatable bonds is 7. The Morgan fingerprint density at radius 3 is 0.864 bits per heavy atom. The van der Waals surface area contributed by atoms with E-state index >= 15 is 0 Å². The minimum absolute atomic E-state index is 0.256. The van der Waals surface area contributed by atoms with Gasteiger partial charge in [0.05, 0.1) is 11.4 Å². The summed E-state index contributed by atoms with van der Waals surface area (Å²) in [6.07, 6.45) is 0. The third-order valence-corrected chi connectivity index (χ3v) is 26.9. The highest BCUT2D eigenvalue weighted by Crippen LogP contribution is 2.78. The minimum atomic E-state index is -0.864. The van der Waals surface area contributed by atoms with Crippen molar-refractivity contribution in [3.8, 4) is 44.5 Å². The third kappa shape index (κ3) is 8.44. The molecule has 18 aromatic rings. The van der Waals surface area contributed by atoms with E-state index in [9.17, 15) is 0 Å².